The van der Waals surface area contributed by atoms with Gasteiger partial charge in [-0.1, -0.05) is 68.4 Å². The fourth-order valence-electron chi connectivity index (χ4n) is 7.74. The van der Waals surface area contributed by atoms with Gasteiger partial charge in [-0.3, -0.25) is 9.59 Å². The van der Waals surface area contributed by atoms with Crippen LogP contribution in [0.15, 0.2) is 103 Å². The van der Waals surface area contributed by atoms with Gasteiger partial charge in [-0.05, 0) is 118 Å². The van der Waals surface area contributed by atoms with Gasteiger partial charge >= 0.3 is 5.97 Å². The molecule has 1 aliphatic heterocycles. The third kappa shape index (κ3) is 11.5. The molecular formula is C49H57FN2O7. The van der Waals surface area contributed by atoms with Crippen LogP contribution in [0.4, 0.5) is 10.1 Å². The summed E-state index contributed by atoms with van der Waals surface area (Å²) in [6, 6.07) is 31.7. The number of halogens is 1. The summed E-state index contributed by atoms with van der Waals surface area (Å²) in [6.45, 7) is 14.8. The number of ether oxygens (including phenoxy) is 5. The molecule has 59 heavy (non-hydrogen) atoms. The Labute approximate surface area is 347 Å². The van der Waals surface area contributed by atoms with Gasteiger partial charge in [0, 0.05) is 29.9 Å². The lowest BCUT2D eigenvalue weighted by Crippen LogP contribution is -2.46. The molecule has 1 amide bonds. The van der Waals surface area contributed by atoms with Gasteiger partial charge in [-0.25, -0.2) is 4.39 Å². The smallest absolute Gasteiger partial charge is 0.308 e. The summed E-state index contributed by atoms with van der Waals surface area (Å²) in [5.74, 6) is -1.12. The molecule has 0 unspecified atom stereocenters. The minimum Gasteiger partial charge on any atom is -0.497 e. The number of hydrogen-bond donors (Lipinski definition) is 1. The number of nitrogens with one attached hydrogen (secondary N) is 1. The number of aromatic nitrogens is 1. The highest BCUT2D eigenvalue weighted by atomic mass is 19.1. The van der Waals surface area contributed by atoms with Crippen molar-refractivity contribution in [2.75, 3.05) is 12.4 Å². The van der Waals surface area contributed by atoms with Gasteiger partial charge in [0.2, 0.25) is 0 Å². The summed E-state index contributed by atoms with van der Waals surface area (Å²) < 4.78 is 46.1. The number of hydrogen-bond acceptors (Lipinski definition) is 7. The van der Waals surface area contributed by atoms with Gasteiger partial charge in [0.1, 0.15) is 17.2 Å². The third-order valence-electron chi connectivity index (χ3n) is 10.1. The molecule has 0 radical (unpaired) electrons. The molecule has 2 atom stereocenters. The highest BCUT2D eigenvalue weighted by Crippen LogP contribution is 2.43. The normalized spacial score (nSPS) is 16.5. The van der Waals surface area contributed by atoms with Gasteiger partial charge in [-0.2, -0.15) is 0 Å². The Hall–Kier alpha value is -5.29. The van der Waals surface area contributed by atoms with Crippen molar-refractivity contribution in [2.45, 2.75) is 117 Å². The standard InChI is InChI=1S/C49H57FN2O7/c1-32(2)45-44(47(54)51-38-22-14-33(15-23-38)30-56-31-34-16-24-39(55-8)25-17-34)43(35-12-10-9-11-13-35)46(36-18-20-37(50)21-19-36)52(45)27-26-40-28-41(58-49(6,7)57-40)29-42(53)59-48(3,4)5/h9-25,32,40-41H,26-31H2,1-8H3,(H,51,54)/t40-,41-/m1/s1. The molecule has 0 spiro atoms. The zero-order chi connectivity index (χ0) is 42.3. The molecule has 6 rings (SSSR count). The zero-order valence-electron chi connectivity index (χ0n) is 35.5. The summed E-state index contributed by atoms with van der Waals surface area (Å²) in [7, 11) is 1.64. The van der Waals surface area contributed by atoms with E-state index >= 15 is 0 Å². The molecule has 5 aromatic rings. The summed E-state index contributed by atoms with van der Waals surface area (Å²) in [4.78, 5) is 27.6. The maximum absolute atomic E-state index is 14.8. The molecule has 4 aromatic carbocycles. The Bertz CT molecular complexity index is 2170. The molecule has 1 aromatic heterocycles. The Morgan fingerprint density at radius 3 is 2.05 bits per heavy atom. The Morgan fingerprint density at radius 2 is 1.46 bits per heavy atom. The second kappa shape index (κ2) is 18.7. The van der Waals surface area contributed by atoms with E-state index < -0.39 is 17.5 Å². The zero-order valence-corrected chi connectivity index (χ0v) is 35.5. The van der Waals surface area contributed by atoms with Gasteiger partial charge in [0.25, 0.3) is 5.91 Å². The van der Waals surface area contributed by atoms with E-state index in [9.17, 15) is 14.0 Å². The number of esters is 1. The molecule has 1 aliphatic rings. The van der Waals surface area contributed by atoms with Crippen LogP contribution in [0.2, 0.25) is 0 Å². The fourth-order valence-corrected chi connectivity index (χ4v) is 7.74. The van der Waals surface area contributed by atoms with Crippen LogP contribution >= 0.6 is 0 Å². The molecule has 0 saturated carbocycles. The molecule has 2 heterocycles. The van der Waals surface area contributed by atoms with Crippen molar-refractivity contribution in [3.05, 3.63) is 131 Å². The highest BCUT2D eigenvalue weighted by molar-refractivity contribution is 6.12. The number of carbonyl (C=O) groups is 2. The summed E-state index contributed by atoms with van der Waals surface area (Å²) >= 11 is 0. The maximum Gasteiger partial charge on any atom is 0.308 e. The first-order valence-corrected chi connectivity index (χ1v) is 20.4. The number of benzene rings is 4. The first kappa shape index (κ1) is 43.3. The first-order valence-electron chi connectivity index (χ1n) is 20.4. The average Bonchev–Trinajstić information content (AvgIpc) is 3.53. The van der Waals surface area contributed by atoms with Crippen LogP contribution in [-0.4, -0.2) is 47.1 Å². The van der Waals surface area contributed by atoms with Crippen molar-refractivity contribution < 1.29 is 37.7 Å². The van der Waals surface area contributed by atoms with Crippen LogP contribution in [0.5, 0.6) is 5.75 Å². The SMILES string of the molecule is COc1ccc(COCc2ccc(NC(=O)c3c(-c4ccccc4)c(-c4ccc(F)cc4)n(CC[C@@H]4C[C@H](CC(=O)OC(C)(C)C)OC(C)(C)O4)c3C(C)C)cc2)cc1. The quantitative estimate of drug-likeness (QED) is 0.105. The minimum absolute atomic E-state index is 0.0791. The number of methoxy groups -OCH3 is 1. The Morgan fingerprint density at radius 1 is 0.847 bits per heavy atom. The number of nitrogens with zero attached hydrogens (tertiary/aromatic N) is 1. The lowest BCUT2D eigenvalue weighted by Gasteiger charge is -2.41. The van der Waals surface area contributed by atoms with Gasteiger partial charge in [-0.15, -0.1) is 0 Å². The predicted octanol–water partition coefficient (Wildman–Crippen LogP) is 11.1. The number of amides is 1. The second-order valence-electron chi connectivity index (χ2n) is 16.8. The number of anilines is 1. The van der Waals surface area contributed by atoms with E-state index in [0.717, 1.165) is 45.0 Å². The lowest BCUT2D eigenvalue weighted by molar-refractivity contribution is -0.301. The first-order chi connectivity index (χ1) is 28.1. The van der Waals surface area contributed by atoms with Crippen molar-refractivity contribution >= 4 is 17.6 Å². The average molecular weight is 805 g/mol. The predicted molar refractivity (Wildman–Crippen MR) is 229 cm³/mol. The monoisotopic (exact) mass is 804 g/mol. The van der Waals surface area contributed by atoms with Crippen LogP contribution in [0.25, 0.3) is 22.4 Å². The van der Waals surface area contributed by atoms with E-state index in [-0.39, 0.29) is 36.1 Å². The van der Waals surface area contributed by atoms with Crippen LogP contribution < -0.4 is 10.1 Å². The Kier molecular flexibility index (Phi) is 13.8. The van der Waals surface area contributed by atoms with Crippen molar-refractivity contribution in [3.8, 4) is 28.1 Å². The molecule has 1 fully saturated rings. The number of rotatable bonds is 15. The van der Waals surface area contributed by atoms with Crippen LogP contribution in [0, 0.1) is 5.82 Å². The van der Waals surface area contributed by atoms with Crippen molar-refractivity contribution in [3.63, 3.8) is 0 Å². The van der Waals surface area contributed by atoms with E-state index in [1.165, 1.54) is 12.1 Å². The van der Waals surface area contributed by atoms with E-state index in [1.807, 2.05) is 113 Å². The minimum atomic E-state index is -0.925. The van der Waals surface area contributed by atoms with Gasteiger partial charge in [0.15, 0.2) is 5.79 Å². The molecule has 312 valence electrons. The second-order valence-corrected chi connectivity index (χ2v) is 16.8. The summed E-state index contributed by atoms with van der Waals surface area (Å²) in [5.41, 5.74) is 6.67. The van der Waals surface area contributed by atoms with Gasteiger partial charge < -0.3 is 33.6 Å². The molecule has 10 heteroatoms. The van der Waals surface area contributed by atoms with Crippen molar-refractivity contribution in [1.82, 2.24) is 4.57 Å². The maximum atomic E-state index is 14.8. The summed E-state index contributed by atoms with van der Waals surface area (Å²) in [6.07, 6.45) is 0.525. The van der Waals surface area contributed by atoms with Crippen molar-refractivity contribution in [1.29, 1.82) is 0 Å². The molecular weight excluding hydrogens is 748 g/mol. The molecule has 9 nitrogen and oxygen atoms in total. The molecule has 0 bridgehead atoms. The fraction of sp³-hybridized carbons (Fsp3) is 0.388. The van der Waals surface area contributed by atoms with E-state index in [0.29, 0.717) is 43.9 Å². The number of carbonyl (C=O) groups excluding carboxylic acids is 2. The van der Waals surface area contributed by atoms with E-state index in [1.54, 1.807) is 19.2 Å². The van der Waals surface area contributed by atoms with E-state index in [2.05, 4.69) is 23.7 Å². The topological polar surface area (TPSA) is 97.3 Å². The largest absolute Gasteiger partial charge is 0.497 e. The highest BCUT2D eigenvalue weighted by Gasteiger charge is 2.38. The van der Waals surface area contributed by atoms with Gasteiger partial charge in [0.05, 0.1) is 50.2 Å². The molecule has 1 N–H and O–H groups in total. The lowest BCUT2D eigenvalue weighted by atomic mass is 9.94. The van der Waals surface area contributed by atoms with Crippen LogP contribution in [0.1, 0.15) is 101 Å². The van der Waals surface area contributed by atoms with Crippen LogP contribution in [-0.2, 0) is 43.5 Å². The molecule has 0 aliphatic carbocycles. The third-order valence-corrected chi connectivity index (χ3v) is 10.1. The summed E-state index contributed by atoms with van der Waals surface area (Å²) in [5, 5.41) is 3.19. The molecule has 1 saturated heterocycles. The van der Waals surface area contributed by atoms with Crippen LogP contribution in [0.3, 0.4) is 0 Å². The van der Waals surface area contributed by atoms with E-state index in [4.69, 9.17) is 23.7 Å². The Balaban J connectivity index is 1.31. The van der Waals surface area contributed by atoms with Crippen molar-refractivity contribution in [2.24, 2.45) is 0 Å².